The highest BCUT2D eigenvalue weighted by atomic mass is 16.5. The predicted molar refractivity (Wildman–Crippen MR) is 69.9 cm³/mol. The Labute approximate surface area is 110 Å². The van der Waals surface area contributed by atoms with Crippen molar-refractivity contribution in [3.8, 4) is 0 Å². The van der Waals surface area contributed by atoms with Gasteiger partial charge in [-0.3, -0.25) is 9.59 Å². The highest BCUT2D eigenvalue weighted by Gasteiger charge is 2.33. The molecule has 1 rings (SSSR count). The summed E-state index contributed by atoms with van der Waals surface area (Å²) >= 11 is 0. The van der Waals surface area contributed by atoms with Crippen LogP contribution in [-0.2, 0) is 14.3 Å². The summed E-state index contributed by atoms with van der Waals surface area (Å²) in [7, 11) is 1.38. The maximum absolute atomic E-state index is 12.2. The molecule has 0 saturated carbocycles. The molecule has 0 bridgehead atoms. The number of rotatable bonds is 4. The Balaban J connectivity index is 2.51. The zero-order valence-electron chi connectivity index (χ0n) is 12.2. The van der Waals surface area contributed by atoms with Gasteiger partial charge in [-0.15, -0.1) is 0 Å². The number of amides is 1. The fourth-order valence-electron chi connectivity index (χ4n) is 2.38. The Morgan fingerprint density at radius 2 is 1.67 bits per heavy atom. The largest absolute Gasteiger partial charge is 0.469 e. The number of likely N-dealkylation sites (tertiary alicyclic amines) is 1. The number of hydrogen-bond acceptors (Lipinski definition) is 3. The molecule has 0 aromatic carbocycles. The van der Waals surface area contributed by atoms with Crippen LogP contribution >= 0.6 is 0 Å². The third-order valence-corrected chi connectivity index (χ3v) is 3.82. The molecule has 0 unspecified atom stereocenters. The Morgan fingerprint density at radius 1 is 1.17 bits per heavy atom. The third kappa shape index (κ3) is 4.00. The number of esters is 1. The second kappa shape index (κ2) is 5.72. The maximum atomic E-state index is 12.2. The zero-order valence-corrected chi connectivity index (χ0v) is 12.2. The highest BCUT2D eigenvalue weighted by Crippen LogP contribution is 2.29. The molecular weight excluding hydrogens is 230 g/mol. The van der Waals surface area contributed by atoms with Crippen LogP contribution in [0.25, 0.3) is 0 Å². The van der Waals surface area contributed by atoms with E-state index in [0.717, 1.165) is 13.1 Å². The van der Waals surface area contributed by atoms with E-state index in [-0.39, 0.29) is 23.7 Å². The van der Waals surface area contributed by atoms with Gasteiger partial charge in [0.15, 0.2) is 0 Å². The molecule has 1 heterocycles. The molecule has 1 fully saturated rings. The van der Waals surface area contributed by atoms with Gasteiger partial charge in [0.2, 0.25) is 5.91 Å². The molecule has 0 aromatic heterocycles. The van der Waals surface area contributed by atoms with E-state index in [4.69, 9.17) is 0 Å². The average molecular weight is 255 g/mol. The van der Waals surface area contributed by atoms with Gasteiger partial charge in [-0.1, -0.05) is 27.7 Å². The van der Waals surface area contributed by atoms with E-state index < -0.39 is 0 Å². The Bertz CT molecular complexity index is 315. The number of hydrogen-bond donors (Lipinski definition) is 0. The van der Waals surface area contributed by atoms with Crippen LogP contribution in [0.3, 0.4) is 0 Å². The van der Waals surface area contributed by atoms with Gasteiger partial charge in [0.25, 0.3) is 0 Å². The summed E-state index contributed by atoms with van der Waals surface area (Å²) in [4.78, 5) is 25.4. The second-order valence-electron chi connectivity index (χ2n) is 6.35. The molecule has 4 heteroatoms. The summed E-state index contributed by atoms with van der Waals surface area (Å²) in [5, 5.41) is 0. The minimum atomic E-state index is -0.334. The van der Waals surface area contributed by atoms with E-state index >= 15 is 0 Å². The number of methoxy groups -OCH3 is 1. The van der Waals surface area contributed by atoms with Gasteiger partial charge in [-0.25, -0.2) is 0 Å². The van der Waals surface area contributed by atoms with Crippen LogP contribution < -0.4 is 0 Å². The predicted octanol–water partition coefficient (Wildman–Crippen LogP) is 2.08. The van der Waals surface area contributed by atoms with E-state index in [1.807, 2.05) is 18.7 Å². The van der Waals surface area contributed by atoms with Crippen LogP contribution in [0.5, 0.6) is 0 Å². The third-order valence-electron chi connectivity index (χ3n) is 3.82. The first kappa shape index (κ1) is 15.0. The van der Waals surface area contributed by atoms with E-state index in [1.54, 1.807) is 0 Å². The van der Waals surface area contributed by atoms with Crippen molar-refractivity contribution >= 4 is 11.9 Å². The average Bonchev–Trinajstić information content (AvgIpc) is 2.58. The molecular formula is C14H25NO3. The van der Waals surface area contributed by atoms with Crippen molar-refractivity contribution in [1.82, 2.24) is 4.90 Å². The normalized spacial score (nSPS) is 24.2. The molecule has 1 aliphatic heterocycles. The van der Waals surface area contributed by atoms with Gasteiger partial charge in [0, 0.05) is 19.5 Å². The molecule has 1 saturated heterocycles. The van der Waals surface area contributed by atoms with Crippen molar-refractivity contribution in [2.24, 2.45) is 17.3 Å². The zero-order chi connectivity index (χ0) is 13.9. The molecule has 104 valence electrons. The summed E-state index contributed by atoms with van der Waals surface area (Å²) in [5.74, 6) is 1.03. The van der Waals surface area contributed by atoms with E-state index in [2.05, 4.69) is 18.6 Å². The maximum Gasteiger partial charge on any atom is 0.306 e. The van der Waals surface area contributed by atoms with Crippen LogP contribution in [0.15, 0.2) is 0 Å². The molecule has 18 heavy (non-hydrogen) atoms. The molecule has 0 spiro atoms. The molecule has 1 aliphatic rings. The summed E-state index contributed by atoms with van der Waals surface area (Å²) in [6.07, 6.45) is 0.690. The van der Waals surface area contributed by atoms with Crippen LogP contribution in [0.4, 0.5) is 0 Å². The van der Waals surface area contributed by atoms with Gasteiger partial charge >= 0.3 is 5.97 Å². The fourth-order valence-corrected chi connectivity index (χ4v) is 2.38. The van der Waals surface area contributed by atoms with Gasteiger partial charge in [0.1, 0.15) is 0 Å². The van der Waals surface area contributed by atoms with Crippen molar-refractivity contribution in [3.63, 3.8) is 0 Å². The van der Waals surface area contributed by atoms with Crippen molar-refractivity contribution in [1.29, 1.82) is 0 Å². The first-order valence-electron chi connectivity index (χ1n) is 6.60. The van der Waals surface area contributed by atoms with Crippen LogP contribution in [0.2, 0.25) is 0 Å². The van der Waals surface area contributed by atoms with Crippen molar-refractivity contribution < 1.29 is 14.3 Å². The smallest absolute Gasteiger partial charge is 0.306 e. The lowest BCUT2D eigenvalue weighted by Gasteiger charge is -2.26. The molecule has 1 amide bonds. The number of nitrogens with zero attached hydrogens (tertiary/aromatic N) is 1. The molecule has 0 N–H and O–H groups in total. The monoisotopic (exact) mass is 255 g/mol. The Kier molecular flexibility index (Phi) is 4.77. The summed E-state index contributed by atoms with van der Waals surface area (Å²) < 4.78 is 4.66. The van der Waals surface area contributed by atoms with E-state index in [0.29, 0.717) is 18.3 Å². The Hall–Kier alpha value is -1.06. The first-order valence-corrected chi connectivity index (χ1v) is 6.60. The second-order valence-corrected chi connectivity index (χ2v) is 6.35. The molecule has 4 nitrogen and oxygen atoms in total. The van der Waals surface area contributed by atoms with Gasteiger partial charge in [0.05, 0.1) is 13.5 Å². The summed E-state index contributed by atoms with van der Waals surface area (Å²) in [6.45, 7) is 9.91. The molecule has 0 aromatic rings. The fraction of sp³-hybridized carbons (Fsp3) is 0.857. The minimum absolute atomic E-state index is 0.153. The van der Waals surface area contributed by atoms with Crippen molar-refractivity contribution in [2.45, 2.75) is 40.5 Å². The summed E-state index contributed by atoms with van der Waals surface area (Å²) in [5.41, 5.74) is -0.334. The SMILES string of the molecule is COC(=O)CC(C)(C)CC(=O)N1C[C@@H](C)[C@@H](C)C1. The van der Waals surface area contributed by atoms with Gasteiger partial charge in [-0.2, -0.15) is 0 Å². The first-order chi connectivity index (χ1) is 8.25. The lowest BCUT2D eigenvalue weighted by atomic mass is 9.85. The minimum Gasteiger partial charge on any atom is -0.469 e. The molecule has 0 aliphatic carbocycles. The molecule has 0 radical (unpaired) electrons. The molecule has 2 atom stereocenters. The van der Waals surface area contributed by atoms with Crippen LogP contribution in [-0.4, -0.2) is 37.0 Å². The quantitative estimate of drug-likeness (QED) is 0.723. The standard InChI is InChI=1S/C14H25NO3/c1-10-8-15(9-11(10)2)12(16)6-14(3,4)7-13(17)18-5/h10-11H,6-9H2,1-5H3/t10-,11+. The van der Waals surface area contributed by atoms with Crippen molar-refractivity contribution in [2.75, 3.05) is 20.2 Å². The summed E-state index contributed by atoms with van der Waals surface area (Å²) in [6, 6.07) is 0. The number of ether oxygens (including phenoxy) is 1. The van der Waals surface area contributed by atoms with Gasteiger partial charge in [-0.05, 0) is 17.3 Å². The highest BCUT2D eigenvalue weighted by molar-refractivity contribution is 5.78. The number of carbonyl (C=O) groups is 2. The van der Waals surface area contributed by atoms with Gasteiger partial charge < -0.3 is 9.64 Å². The topological polar surface area (TPSA) is 46.6 Å². The number of carbonyl (C=O) groups excluding carboxylic acids is 2. The lowest BCUT2D eigenvalue weighted by molar-refractivity contribution is -0.143. The van der Waals surface area contributed by atoms with Crippen LogP contribution in [0.1, 0.15) is 40.5 Å². The lowest BCUT2D eigenvalue weighted by Crippen LogP contribution is -2.33. The van der Waals surface area contributed by atoms with E-state index in [9.17, 15) is 9.59 Å². The van der Waals surface area contributed by atoms with Crippen molar-refractivity contribution in [3.05, 3.63) is 0 Å². The van der Waals surface area contributed by atoms with Crippen LogP contribution in [0, 0.1) is 17.3 Å². The Morgan fingerprint density at radius 3 is 2.11 bits per heavy atom. The van der Waals surface area contributed by atoms with E-state index in [1.165, 1.54) is 7.11 Å².